The lowest BCUT2D eigenvalue weighted by molar-refractivity contribution is -0.385. The fourth-order valence-corrected chi connectivity index (χ4v) is 2.85. The molecule has 2 N–H and O–H groups in total. The van der Waals surface area contributed by atoms with Gasteiger partial charge in [-0.3, -0.25) is 19.7 Å². The number of aryl methyl sites for hydroxylation is 1. The maximum atomic E-state index is 12.3. The van der Waals surface area contributed by atoms with E-state index < -0.39 is 11.0 Å². The predicted octanol–water partition coefficient (Wildman–Crippen LogP) is 3.27. The highest BCUT2D eigenvalue weighted by Crippen LogP contribution is 2.21. The van der Waals surface area contributed by atoms with Gasteiger partial charge in [0.05, 0.1) is 4.92 Å². The number of anilines is 2. The van der Waals surface area contributed by atoms with Crippen LogP contribution in [-0.2, 0) is 9.53 Å². The molecule has 1 aliphatic heterocycles. The van der Waals surface area contributed by atoms with Gasteiger partial charge in [0.1, 0.15) is 6.10 Å². The third kappa shape index (κ3) is 4.48. The van der Waals surface area contributed by atoms with E-state index in [1.165, 1.54) is 18.2 Å². The van der Waals surface area contributed by atoms with Crippen molar-refractivity contribution < 1.29 is 19.2 Å². The topological polar surface area (TPSA) is 111 Å². The summed E-state index contributed by atoms with van der Waals surface area (Å²) in [4.78, 5) is 34.7. The van der Waals surface area contributed by atoms with Crippen LogP contribution in [0.3, 0.4) is 0 Å². The third-order valence-electron chi connectivity index (χ3n) is 4.29. The van der Waals surface area contributed by atoms with E-state index in [1.807, 2.05) is 0 Å². The summed E-state index contributed by atoms with van der Waals surface area (Å²) in [5, 5.41) is 16.4. The molecule has 1 heterocycles. The summed E-state index contributed by atoms with van der Waals surface area (Å²) in [7, 11) is 0. The van der Waals surface area contributed by atoms with Crippen LogP contribution in [0, 0.1) is 17.0 Å². The number of nitrogens with one attached hydrogen (secondary N) is 2. The van der Waals surface area contributed by atoms with Gasteiger partial charge in [0.2, 0.25) is 0 Å². The fourth-order valence-electron chi connectivity index (χ4n) is 2.85. The predicted molar refractivity (Wildman–Crippen MR) is 99.8 cm³/mol. The first-order chi connectivity index (χ1) is 12.9. The fraction of sp³-hybridized carbons (Fsp3) is 0.263. The number of carbonyl (C=O) groups excluding carboxylic acids is 2. The van der Waals surface area contributed by atoms with Crippen LogP contribution in [0.2, 0.25) is 0 Å². The van der Waals surface area contributed by atoms with Crippen molar-refractivity contribution >= 4 is 28.9 Å². The molecule has 0 bridgehead atoms. The summed E-state index contributed by atoms with van der Waals surface area (Å²) in [5.74, 6) is -0.547. The molecule has 0 aromatic heterocycles. The molecule has 1 atom stereocenters. The van der Waals surface area contributed by atoms with Gasteiger partial charge >= 0.3 is 0 Å². The molecule has 1 fully saturated rings. The first-order valence-corrected chi connectivity index (χ1v) is 8.53. The quantitative estimate of drug-likeness (QED) is 0.621. The van der Waals surface area contributed by atoms with E-state index in [9.17, 15) is 19.7 Å². The Labute approximate surface area is 155 Å². The minimum absolute atomic E-state index is 0.0297. The molecular weight excluding hydrogens is 350 g/mol. The van der Waals surface area contributed by atoms with E-state index in [1.54, 1.807) is 31.2 Å². The Kier molecular flexibility index (Phi) is 5.46. The summed E-state index contributed by atoms with van der Waals surface area (Å²) in [6, 6.07) is 10.9. The minimum atomic E-state index is -0.485. The Morgan fingerprint density at radius 3 is 2.33 bits per heavy atom. The number of ether oxygens (including phenoxy) is 1. The van der Waals surface area contributed by atoms with E-state index in [4.69, 9.17) is 4.74 Å². The molecule has 0 saturated carbocycles. The number of benzene rings is 2. The van der Waals surface area contributed by atoms with Gasteiger partial charge in [-0.05, 0) is 56.2 Å². The second-order valence-electron chi connectivity index (χ2n) is 6.28. The summed E-state index contributed by atoms with van der Waals surface area (Å²) >= 11 is 0. The standard InChI is InChI=1S/C19H19N3O5/c1-12-11-13(4-9-16(12)22(25)26)18(23)20-14-5-7-15(8-6-14)21-19(24)17-3-2-10-27-17/h4-9,11,17H,2-3,10H2,1H3,(H,20,23)(H,21,24)/t17-/m1/s1. The van der Waals surface area contributed by atoms with Crippen LogP contribution in [0.4, 0.5) is 17.1 Å². The Balaban J connectivity index is 1.62. The normalized spacial score (nSPS) is 16.0. The van der Waals surface area contributed by atoms with Crippen molar-refractivity contribution in [1.29, 1.82) is 0 Å². The lowest BCUT2D eigenvalue weighted by Crippen LogP contribution is -2.26. The molecule has 0 radical (unpaired) electrons. The van der Waals surface area contributed by atoms with Gasteiger partial charge in [-0.25, -0.2) is 0 Å². The third-order valence-corrected chi connectivity index (χ3v) is 4.29. The highest BCUT2D eigenvalue weighted by atomic mass is 16.6. The number of nitro groups is 1. The molecule has 0 aliphatic carbocycles. The summed E-state index contributed by atoms with van der Waals surface area (Å²) < 4.78 is 5.33. The number of hydrogen-bond acceptors (Lipinski definition) is 5. The highest BCUT2D eigenvalue weighted by molar-refractivity contribution is 6.04. The van der Waals surface area contributed by atoms with E-state index in [-0.39, 0.29) is 17.5 Å². The van der Waals surface area contributed by atoms with E-state index in [0.717, 1.165) is 6.42 Å². The van der Waals surface area contributed by atoms with Gasteiger partial charge in [-0.1, -0.05) is 0 Å². The zero-order valence-electron chi connectivity index (χ0n) is 14.7. The second-order valence-corrected chi connectivity index (χ2v) is 6.28. The Morgan fingerprint density at radius 2 is 1.78 bits per heavy atom. The maximum Gasteiger partial charge on any atom is 0.272 e. The second kappa shape index (κ2) is 7.96. The van der Waals surface area contributed by atoms with Crippen molar-refractivity contribution in [1.82, 2.24) is 0 Å². The van der Waals surface area contributed by atoms with Gasteiger partial charge in [0.25, 0.3) is 17.5 Å². The Bertz CT molecular complexity index is 873. The van der Waals surface area contributed by atoms with Crippen LogP contribution in [0.5, 0.6) is 0 Å². The Hall–Kier alpha value is -3.26. The monoisotopic (exact) mass is 369 g/mol. The molecule has 0 spiro atoms. The number of amides is 2. The van der Waals surface area contributed by atoms with E-state index in [0.29, 0.717) is 35.5 Å². The van der Waals surface area contributed by atoms with Crippen molar-refractivity contribution in [2.45, 2.75) is 25.9 Å². The summed E-state index contributed by atoms with van der Waals surface area (Å²) in [6.07, 6.45) is 1.19. The molecule has 8 heteroatoms. The lowest BCUT2D eigenvalue weighted by Gasteiger charge is -2.11. The SMILES string of the molecule is Cc1cc(C(=O)Nc2ccc(NC(=O)[C@H]3CCCO3)cc2)ccc1[N+](=O)[O-]. The lowest BCUT2D eigenvalue weighted by atomic mass is 10.1. The summed E-state index contributed by atoms with van der Waals surface area (Å²) in [6.45, 7) is 2.19. The average molecular weight is 369 g/mol. The largest absolute Gasteiger partial charge is 0.368 e. The first kappa shape index (κ1) is 18.5. The van der Waals surface area contributed by atoms with Crippen LogP contribution in [0.1, 0.15) is 28.8 Å². The summed E-state index contributed by atoms with van der Waals surface area (Å²) in [5.41, 5.74) is 1.87. The molecule has 2 aromatic rings. The number of hydrogen-bond donors (Lipinski definition) is 2. The van der Waals surface area contributed by atoms with Gasteiger partial charge in [0.15, 0.2) is 0 Å². The van der Waals surface area contributed by atoms with Crippen LogP contribution < -0.4 is 10.6 Å². The maximum absolute atomic E-state index is 12.3. The molecule has 1 aliphatic rings. The van der Waals surface area contributed by atoms with Crippen LogP contribution in [0.25, 0.3) is 0 Å². The van der Waals surface area contributed by atoms with Crippen molar-refractivity contribution in [3.63, 3.8) is 0 Å². The van der Waals surface area contributed by atoms with Gasteiger partial charge < -0.3 is 15.4 Å². The molecule has 8 nitrogen and oxygen atoms in total. The number of carbonyl (C=O) groups is 2. The molecule has 0 unspecified atom stereocenters. The van der Waals surface area contributed by atoms with Crippen molar-refractivity contribution in [3.05, 3.63) is 63.7 Å². The zero-order valence-corrected chi connectivity index (χ0v) is 14.7. The van der Waals surface area contributed by atoms with Crippen molar-refractivity contribution in [2.24, 2.45) is 0 Å². The van der Waals surface area contributed by atoms with Crippen molar-refractivity contribution in [3.8, 4) is 0 Å². The molecule has 27 heavy (non-hydrogen) atoms. The van der Waals surface area contributed by atoms with Crippen LogP contribution >= 0.6 is 0 Å². The Morgan fingerprint density at radius 1 is 1.11 bits per heavy atom. The van der Waals surface area contributed by atoms with Gasteiger partial charge in [-0.2, -0.15) is 0 Å². The van der Waals surface area contributed by atoms with Crippen LogP contribution in [0.15, 0.2) is 42.5 Å². The molecule has 3 rings (SSSR count). The average Bonchev–Trinajstić information content (AvgIpc) is 3.17. The number of rotatable bonds is 5. The molecular formula is C19H19N3O5. The van der Waals surface area contributed by atoms with Crippen molar-refractivity contribution in [2.75, 3.05) is 17.2 Å². The minimum Gasteiger partial charge on any atom is -0.368 e. The number of nitrogens with zero attached hydrogens (tertiary/aromatic N) is 1. The molecule has 2 amide bonds. The molecule has 1 saturated heterocycles. The van der Waals surface area contributed by atoms with E-state index >= 15 is 0 Å². The van der Waals surface area contributed by atoms with Gasteiger partial charge in [0, 0.05) is 35.2 Å². The van der Waals surface area contributed by atoms with Crippen LogP contribution in [-0.4, -0.2) is 29.4 Å². The first-order valence-electron chi connectivity index (χ1n) is 8.53. The molecule has 140 valence electrons. The smallest absolute Gasteiger partial charge is 0.272 e. The number of nitro benzene ring substituents is 1. The van der Waals surface area contributed by atoms with E-state index in [2.05, 4.69) is 10.6 Å². The highest BCUT2D eigenvalue weighted by Gasteiger charge is 2.23. The van der Waals surface area contributed by atoms with Gasteiger partial charge in [-0.15, -0.1) is 0 Å². The molecule has 2 aromatic carbocycles. The zero-order chi connectivity index (χ0) is 19.4.